The highest BCUT2D eigenvalue weighted by molar-refractivity contribution is 9.10. The summed E-state index contributed by atoms with van der Waals surface area (Å²) in [6.45, 7) is 12.2. The lowest BCUT2D eigenvalue weighted by Crippen LogP contribution is -2.41. The molecule has 26 heavy (non-hydrogen) atoms. The molecule has 6 heteroatoms. The molecular weight excluding hydrogens is 391 g/mol. The van der Waals surface area contributed by atoms with Crippen LogP contribution >= 0.6 is 15.9 Å². The average molecular weight is 419 g/mol. The van der Waals surface area contributed by atoms with Gasteiger partial charge in [0.1, 0.15) is 0 Å². The van der Waals surface area contributed by atoms with Gasteiger partial charge in [0.2, 0.25) is 0 Å². The molecule has 4 nitrogen and oxygen atoms in total. The van der Waals surface area contributed by atoms with Gasteiger partial charge < -0.3 is 20.8 Å². The van der Waals surface area contributed by atoms with Crippen LogP contribution in [-0.2, 0) is 9.31 Å². The number of anilines is 2. The lowest BCUT2D eigenvalue weighted by molar-refractivity contribution is 0.00578. The van der Waals surface area contributed by atoms with E-state index in [1.807, 2.05) is 71.9 Å². The molecular formula is C20H28BBrN2O2. The van der Waals surface area contributed by atoms with Gasteiger partial charge in [-0.25, -0.2) is 0 Å². The highest BCUT2D eigenvalue weighted by atomic mass is 79.9. The summed E-state index contributed by atoms with van der Waals surface area (Å²) in [6.07, 6.45) is 0. The number of benzene rings is 2. The molecule has 0 radical (unpaired) electrons. The zero-order valence-corrected chi connectivity index (χ0v) is 18.0. The van der Waals surface area contributed by atoms with Crippen molar-refractivity contribution in [3.05, 3.63) is 52.0 Å². The molecule has 0 saturated carbocycles. The van der Waals surface area contributed by atoms with E-state index >= 15 is 0 Å². The zero-order valence-electron chi connectivity index (χ0n) is 16.4. The first-order valence-corrected chi connectivity index (χ1v) is 9.44. The molecule has 0 spiro atoms. The van der Waals surface area contributed by atoms with Crippen molar-refractivity contribution < 1.29 is 9.31 Å². The average Bonchev–Trinajstić information content (AvgIpc) is 2.65. The van der Waals surface area contributed by atoms with Crippen LogP contribution in [0.5, 0.6) is 0 Å². The van der Waals surface area contributed by atoms with Gasteiger partial charge in [0.05, 0.1) is 11.2 Å². The third kappa shape index (κ3) is 5.03. The van der Waals surface area contributed by atoms with Crippen LogP contribution in [0.3, 0.4) is 0 Å². The Kier molecular flexibility index (Phi) is 6.11. The first kappa shape index (κ1) is 20.8. The summed E-state index contributed by atoms with van der Waals surface area (Å²) in [7, 11) is -0.331. The molecule has 0 amide bonds. The molecule has 2 aromatic carbocycles. The van der Waals surface area contributed by atoms with Crippen LogP contribution in [0.1, 0.15) is 38.8 Å². The first-order valence-electron chi connectivity index (χ1n) is 8.65. The Hall–Kier alpha value is -1.50. The molecule has 4 N–H and O–H groups in total. The minimum Gasteiger partial charge on any atom is -0.399 e. The van der Waals surface area contributed by atoms with Crippen molar-refractivity contribution >= 4 is 39.9 Å². The standard InChI is InChI=1S/C13H20BNO2.C7H8BrN/c1-9-6-10(8-11(15)7-9)14-16-12(2,3)13(4,5)17-14;1-5-2-6(8)4-7(9)3-5/h6-8H,15H2,1-5H3;2-4H,9H2,1H3. The third-order valence-electron chi connectivity index (χ3n) is 4.71. The van der Waals surface area contributed by atoms with Crippen molar-refractivity contribution in [2.45, 2.75) is 52.7 Å². The molecule has 1 saturated heterocycles. The van der Waals surface area contributed by atoms with Gasteiger partial charge in [-0.3, -0.25) is 0 Å². The summed E-state index contributed by atoms with van der Waals surface area (Å²) >= 11 is 3.33. The maximum atomic E-state index is 5.98. The van der Waals surface area contributed by atoms with E-state index in [-0.39, 0.29) is 18.3 Å². The Bertz CT molecular complexity index is 707. The van der Waals surface area contributed by atoms with Gasteiger partial charge in [0.15, 0.2) is 0 Å². The van der Waals surface area contributed by atoms with Crippen LogP contribution in [0, 0.1) is 13.8 Å². The lowest BCUT2D eigenvalue weighted by Gasteiger charge is -2.32. The molecule has 3 rings (SSSR count). The number of hydrogen-bond donors (Lipinski definition) is 2. The summed E-state index contributed by atoms with van der Waals surface area (Å²) < 4.78 is 13.0. The summed E-state index contributed by atoms with van der Waals surface area (Å²) in [5.74, 6) is 0. The van der Waals surface area contributed by atoms with E-state index < -0.39 is 0 Å². The first-order chi connectivity index (χ1) is 11.9. The third-order valence-corrected chi connectivity index (χ3v) is 5.17. The Labute approximate surface area is 165 Å². The molecule has 0 unspecified atom stereocenters. The van der Waals surface area contributed by atoms with E-state index in [1.54, 1.807) is 0 Å². The van der Waals surface area contributed by atoms with Crippen molar-refractivity contribution in [1.29, 1.82) is 0 Å². The molecule has 0 aromatic heterocycles. The Morgan fingerprint density at radius 3 is 1.65 bits per heavy atom. The van der Waals surface area contributed by atoms with Crippen LogP contribution in [0.2, 0.25) is 0 Å². The molecule has 0 bridgehead atoms. The highest BCUT2D eigenvalue weighted by Crippen LogP contribution is 2.36. The highest BCUT2D eigenvalue weighted by Gasteiger charge is 2.51. The molecule has 2 aromatic rings. The minimum atomic E-state index is -0.331. The smallest absolute Gasteiger partial charge is 0.399 e. The van der Waals surface area contributed by atoms with Crippen molar-refractivity contribution in [2.24, 2.45) is 0 Å². The Balaban J connectivity index is 0.000000228. The zero-order chi connectivity index (χ0) is 19.7. The Morgan fingerprint density at radius 1 is 0.769 bits per heavy atom. The molecule has 1 aliphatic rings. The van der Waals surface area contributed by atoms with Gasteiger partial charge >= 0.3 is 7.12 Å². The van der Waals surface area contributed by atoms with Crippen molar-refractivity contribution in [1.82, 2.24) is 0 Å². The molecule has 1 fully saturated rings. The number of rotatable bonds is 1. The lowest BCUT2D eigenvalue weighted by atomic mass is 9.78. The fourth-order valence-corrected chi connectivity index (χ4v) is 3.35. The van der Waals surface area contributed by atoms with Crippen LogP contribution in [0.25, 0.3) is 0 Å². The van der Waals surface area contributed by atoms with E-state index in [2.05, 4.69) is 22.0 Å². The monoisotopic (exact) mass is 418 g/mol. The molecule has 0 atom stereocenters. The van der Waals surface area contributed by atoms with Gasteiger partial charge in [0, 0.05) is 15.8 Å². The maximum Gasteiger partial charge on any atom is 0.494 e. The van der Waals surface area contributed by atoms with Crippen LogP contribution in [-0.4, -0.2) is 18.3 Å². The summed E-state index contributed by atoms with van der Waals surface area (Å²) in [4.78, 5) is 0. The van der Waals surface area contributed by atoms with E-state index in [0.29, 0.717) is 0 Å². The largest absolute Gasteiger partial charge is 0.494 e. The summed E-state index contributed by atoms with van der Waals surface area (Å²) in [5, 5.41) is 0. The molecule has 1 heterocycles. The number of halogens is 1. The quantitative estimate of drug-likeness (QED) is 0.537. The summed E-state index contributed by atoms with van der Waals surface area (Å²) in [6, 6.07) is 11.7. The normalized spacial score (nSPS) is 17.6. The number of nitrogen functional groups attached to an aromatic ring is 2. The molecule has 0 aliphatic carbocycles. The van der Waals surface area contributed by atoms with E-state index in [4.69, 9.17) is 20.8 Å². The predicted molar refractivity (Wildman–Crippen MR) is 115 cm³/mol. The fraction of sp³-hybridized carbons (Fsp3) is 0.400. The van der Waals surface area contributed by atoms with E-state index in [9.17, 15) is 0 Å². The van der Waals surface area contributed by atoms with Crippen molar-refractivity contribution in [2.75, 3.05) is 11.5 Å². The topological polar surface area (TPSA) is 70.5 Å². The van der Waals surface area contributed by atoms with Gasteiger partial charge in [-0.1, -0.05) is 22.0 Å². The van der Waals surface area contributed by atoms with Gasteiger partial charge in [-0.05, 0) is 88.5 Å². The Morgan fingerprint density at radius 2 is 1.23 bits per heavy atom. The predicted octanol–water partition coefficient (Wildman–Crippen LogP) is 4.22. The fourth-order valence-electron chi connectivity index (χ4n) is 2.72. The second-order valence-corrected chi connectivity index (χ2v) is 8.74. The molecule has 140 valence electrons. The SMILES string of the molecule is Cc1cc(N)cc(B2OC(C)(C)C(C)(C)O2)c1.Cc1cc(N)cc(Br)c1. The van der Waals surface area contributed by atoms with Crippen molar-refractivity contribution in [3.8, 4) is 0 Å². The van der Waals surface area contributed by atoms with Gasteiger partial charge in [0.25, 0.3) is 0 Å². The van der Waals surface area contributed by atoms with E-state index in [1.165, 1.54) is 5.56 Å². The maximum absolute atomic E-state index is 5.98. The van der Waals surface area contributed by atoms with Crippen molar-refractivity contribution in [3.63, 3.8) is 0 Å². The minimum absolute atomic E-state index is 0.309. The van der Waals surface area contributed by atoms with Crippen LogP contribution < -0.4 is 16.9 Å². The summed E-state index contributed by atoms with van der Waals surface area (Å²) in [5.41, 5.74) is 15.6. The second kappa shape index (κ2) is 7.63. The van der Waals surface area contributed by atoms with E-state index in [0.717, 1.165) is 26.9 Å². The molecule has 1 aliphatic heterocycles. The van der Waals surface area contributed by atoms with Crippen LogP contribution in [0.4, 0.5) is 11.4 Å². The van der Waals surface area contributed by atoms with Gasteiger partial charge in [-0.2, -0.15) is 0 Å². The van der Waals surface area contributed by atoms with Crippen LogP contribution in [0.15, 0.2) is 40.9 Å². The second-order valence-electron chi connectivity index (χ2n) is 7.83. The number of hydrogen-bond acceptors (Lipinski definition) is 4. The van der Waals surface area contributed by atoms with Gasteiger partial charge in [-0.15, -0.1) is 0 Å². The number of nitrogens with two attached hydrogens (primary N) is 2. The number of aryl methyl sites for hydroxylation is 2.